The highest BCUT2D eigenvalue weighted by Crippen LogP contribution is 2.17. The van der Waals surface area contributed by atoms with Crippen molar-refractivity contribution >= 4 is 44.8 Å². The molecule has 0 aliphatic heterocycles. The Kier molecular flexibility index (Phi) is 5.76. The van der Waals surface area contributed by atoms with Gasteiger partial charge >= 0.3 is 0 Å². The largest absolute Gasteiger partial charge is 0.374 e. The molecule has 0 saturated carbocycles. The van der Waals surface area contributed by atoms with Crippen LogP contribution in [0.2, 0.25) is 0 Å². The summed E-state index contributed by atoms with van der Waals surface area (Å²) >= 11 is 3.35. The molecule has 0 radical (unpaired) electrons. The van der Waals surface area contributed by atoms with Crippen LogP contribution in [-0.2, 0) is 9.59 Å². The van der Waals surface area contributed by atoms with Gasteiger partial charge in [-0.2, -0.15) is 0 Å². The first-order valence-corrected chi connectivity index (χ1v) is 7.94. The molecule has 0 aliphatic rings. The SMILES string of the molecule is CC(=O)Nc1cccc(N[C@@H](C)C(=O)Nc2ccc(Br)cc2)c1. The van der Waals surface area contributed by atoms with Crippen molar-refractivity contribution in [1.29, 1.82) is 0 Å². The number of anilines is 3. The summed E-state index contributed by atoms with van der Waals surface area (Å²) in [6.07, 6.45) is 0. The van der Waals surface area contributed by atoms with Gasteiger partial charge in [-0.1, -0.05) is 22.0 Å². The molecule has 2 aromatic rings. The third-order valence-electron chi connectivity index (χ3n) is 3.07. The lowest BCUT2D eigenvalue weighted by molar-refractivity contribution is -0.116. The summed E-state index contributed by atoms with van der Waals surface area (Å²) < 4.78 is 0.955. The molecule has 0 aliphatic carbocycles. The van der Waals surface area contributed by atoms with Crippen LogP contribution in [0, 0.1) is 0 Å². The molecule has 0 aromatic heterocycles. The second kappa shape index (κ2) is 7.78. The molecule has 0 bridgehead atoms. The van der Waals surface area contributed by atoms with Crippen LogP contribution >= 0.6 is 15.9 Å². The lowest BCUT2D eigenvalue weighted by atomic mass is 10.2. The molecule has 1 atom stereocenters. The zero-order chi connectivity index (χ0) is 16.8. The van der Waals surface area contributed by atoms with E-state index in [2.05, 4.69) is 31.9 Å². The van der Waals surface area contributed by atoms with E-state index in [1.165, 1.54) is 6.92 Å². The fraction of sp³-hybridized carbons (Fsp3) is 0.176. The van der Waals surface area contributed by atoms with E-state index in [0.717, 1.165) is 15.8 Å². The van der Waals surface area contributed by atoms with E-state index in [1.54, 1.807) is 19.1 Å². The molecule has 0 fully saturated rings. The van der Waals surface area contributed by atoms with E-state index in [1.807, 2.05) is 36.4 Å². The first-order chi connectivity index (χ1) is 10.9. The van der Waals surface area contributed by atoms with Crippen LogP contribution in [0.4, 0.5) is 17.1 Å². The summed E-state index contributed by atoms with van der Waals surface area (Å²) in [5.74, 6) is -0.277. The van der Waals surface area contributed by atoms with Crippen molar-refractivity contribution in [2.75, 3.05) is 16.0 Å². The molecule has 120 valence electrons. The fourth-order valence-electron chi connectivity index (χ4n) is 1.99. The van der Waals surface area contributed by atoms with E-state index >= 15 is 0 Å². The number of hydrogen-bond donors (Lipinski definition) is 3. The van der Waals surface area contributed by atoms with Crippen molar-refractivity contribution in [3.8, 4) is 0 Å². The number of carbonyl (C=O) groups excluding carboxylic acids is 2. The van der Waals surface area contributed by atoms with Gasteiger partial charge in [0.05, 0.1) is 0 Å². The van der Waals surface area contributed by atoms with Crippen molar-refractivity contribution in [2.24, 2.45) is 0 Å². The number of benzene rings is 2. The van der Waals surface area contributed by atoms with Crippen LogP contribution < -0.4 is 16.0 Å². The lowest BCUT2D eigenvalue weighted by Crippen LogP contribution is -2.31. The minimum atomic E-state index is -0.425. The summed E-state index contributed by atoms with van der Waals surface area (Å²) in [4.78, 5) is 23.3. The van der Waals surface area contributed by atoms with Gasteiger partial charge in [0, 0.05) is 28.5 Å². The molecule has 2 aromatic carbocycles. The van der Waals surface area contributed by atoms with E-state index in [4.69, 9.17) is 0 Å². The Balaban J connectivity index is 1.97. The monoisotopic (exact) mass is 375 g/mol. The molecule has 23 heavy (non-hydrogen) atoms. The smallest absolute Gasteiger partial charge is 0.246 e. The molecule has 0 saturated heterocycles. The number of nitrogens with one attached hydrogen (secondary N) is 3. The van der Waals surface area contributed by atoms with Crippen LogP contribution in [0.3, 0.4) is 0 Å². The Labute approximate surface area is 143 Å². The minimum Gasteiger partial charge on any atom is -0.374 e. The maximum absolute atomic E-state index is 12.2. The Morgan fingerprint density at radius 2 is 1.61 bits per heavy atom. The average Bonchev–Trinajstić information content (AvgIpc) is 2.49. The van der Waals surface area contributed by atoms with Crippen molar-refractivity contribution in [3.63, 3.8) is 0 Å². The van der Waals surface area contributed by atoms with Crippen molar-refractivity contribution in [2.45, 2.75) is 19.9 Å². The van der Waals surface area contributed by atoms with E-state index in [9.17, 15) is 9.59 Å². The highest BCUT2D eigenvalue weighted by Gasteiger charge is 2.13. The van der Waals surface area contributed by atoms with Crippen LogP contribution in [0.15, 0.2) is 53.0 Å². The molecule has 2 amide bonds. The van der Waals surface area contributed by atoms with Gasteiger partial charge in [-0.3, -0.25) is 9.59 Å². The molecule has 5 nitrogen and oxygen atoms in total. The number of amides is 2. The van der Waals surface area contributed by atoms with Crippen molar-refractivity contribution in [3.05, 3.63) is 53.0 Å². The fourth-order valence-corrected chi connectivity index (χ4v) is 2.25. The zero-order valence-corrected chi connectivity index (χ0v) is 14.5. The van der Waals surface area contributed by atoms with Crippen molar-refractivity contribution in [1.82, 2.24) is 0 Å². The minimum absolute atomic E-state index is 0.136. The van der Waals surface area contributed by atoms with Crippen LogP contribution in [0.5, 0.6) is 0 Å². The number of halogens is 1. The quantitative estimate of drug-likeness (QED) is 0.743. The molecule has 0 unspecified atom stereocenters. The Hall–Kier alpha value is -2.34. The zero-order valence-electron chi connectivity index (χ0n) is 12.9. The molecule has 2 rings (SSSR count). The molecule has 0 spiro atoms. The van der Waals surface area contributed by atoms with Gasteiger partial charge < -0.3 is 16.0 Å². The third-order valence-corrected chi connectivity index (χ3v) is 3.60. The normalized spacial score (nSPS) is 11.4. The maximum Gasteiger partial charge on any atom is 0.246 e. The van der Waals surface area contributed by atoms with E-state index in [-0.39, 0.29) is 11.8 Å². The summed E-state index contributed by atoms with van der Waals surface area (Å²) in [5, 5.41) is 8.67. The lowest BCUT2D eigenvalue weighted by Gasteiger charge is -2.16. The molecule has 0 heterocycles. The predicted molar refractivity (Wildman–Crippen MR) is 96.6 cm³/mol. The number of hydrogen-bond acceptors (Lipinski definition) is 3. The maximum atomic E-state index is 12.2. The average molecular weight is 376 g/mol. The topological polar surface area (TPSA) is 70.2 Å². The molecular weight excluding hydrogens is 358 g/mol. The highest BCUT2D eigenvalue weighted by atomic mass is 79.9. The first kappa shape index (κ1) is 17.0. The Morgan fingerprint density at radius 1 is 0.957 bits per heavy atom. The Bertz CT molecular complexity index is 701. The van der Waals surface area contributed by atoms with Crippen LogP contribution in [0.25, 0.3) is 0 Å². The van der Waals surface area contributed by atoms with Crippen molar-refractivity contribution < 1.29 is 9.59 Å². The van der Waals surface area contributed by atoms with E-state index in [0.29, 0.717) is 5.69 Å². The summed E-state index contributed by atoms with van der Waals surface area (Å²) in [5.41, 5.74) is 2.18. The van der Waals surface area contributed by atoms with E-state index < -0.39 is 6.04 Å². The van der Waals surface area contributed by atoms with Crippen LogP contribution in [0.1, 0.15) is 13.8 Å². The van der Waals surface area contributed by atoms with Gasteiger partial charge in [0.2, 0.25) is 11.8 Å². The van der Waals surface area contributed by atoms with Gasteiger partial charge in [-0.05, 0) is 49.4 Å². The van der Waals surface area contributed by atoms with Crippen LogP contribution in [-0.4, -0.2) is 17.9 Å². The standard InChI is InChI=1S/C17H18BrN3O2/c1-11(17(23)21-14-8-6-13(18)7-9-14)19-15-4-3-5-16(10-15)20-12(2)22/h3-11,19H,1-2H3,(H,20,22)(H,21,23)/t11-/m0/s1. The second-order valence-corrected chi connectivity index (χ2v) is 6.04. The summed E-state index contributed by atoms with van der Waals surface area (Å²) in [6, 6.07) is 14.2. The number of carbonyl (C=O) groups is 2. The van der Waals surface area contributed by atoms with Gasteiger partial charge in [-0.25, -0.2) is 0 Å². The van der Waals surface area contributed by atoms with Gasteiger partial charge in [0.1, 0.15) is 6.04 Å². The predicted octanol–water partition coefficient (Wildman–Crippen LogP) is 3.85. The molecule has 3 N–H and O–H groups in total. The Morgan fingerprint density at radius 3 is 2.26 bits per heavy atom. The summed E-state index contributed by atoms with van der Waals surface area (Å²) in [6.45, 7) is 3.23. The highest BCUT2D eigenvalue weighted by molar-refractivity contribution is 9.10. The molecule has 6 heteroatoms. The first-order valence-electron chi connectivity index (χ1n) is 7.14. The van der Waals surface area contributed by atoms with Gasteiger partial charge in [0.15, 0.2) is 0 Å². The molecular formula is C17H18BrN3O2. The van der Waals surface area contributed by atoms with Gasteiger partial charge in [0.25, 0.3) is 0 Å². The number of rotatable bonds is 5. The third kappa shape index (κ3) is 5.41. The van der Waals surface area contributed by atoms with Gasteiger partial charge in [-0.15, -0.1) is 0 Å². The summed E-state index contributed by atoms with van der Waals surface area (Å²) in [7, 11) is 0. The second-order valence-electron chi connectivity index (χ2n) is 5.12.